The molecule has 0 bridgehead atoms. The first-order valence-corrected chi connectivity index (χ1v) is 13.0. The fourth-order valence-corrected chi connectivity index (χ4v) is 8.98. The van der Waals surface area contributed by atoms with E-state index in [0.29, 0.717) is 29.5 Å². The summed E-state index contributed by atoms with van der Waals surface area (Å²) in [5, 5.41) is 11.4. The average Bonchev–Trinajstić information content (AvgIpc) is 3.13. The molecule has 1 N–H and O–H groups in total. The van der Waals surface area contributed by atoms with Crippen LogP contribution in [-0.2, 0) is 4.79 Å². The van der Waals surface area contributed by atoms with Crippen molar-refractivity contribution in [3.63, 3.8) is 0 Å². The monoisotopic (exact) mass is 432 g/mol. The highest BCUT2D eigenvalue weighted by molar-refractivity contribution is 5.79. The van der Waals surface area contributed by atoms with Crippen molar-refractivity contribution >= 4 is 5.78 Å². The first-order valence-electron chi connectivity index (χ1n) is 13.0. The van der Waals surface area contributed by atoms with E-state index in [1.807, 2.05) is 37.3 Å². The zero-order valence-corrected chi connectivity index (χ0v) is 20.2. The van der Waals surface area contributed by atoms with Gasteiger partial charge in [0.25, 0.3) is 0 Å². The van der Waals surface area contributed by atoms with Gasteiger partial charge in [0.2, 0.25) is 0 Å². The smallest absolute Gasteiger partial charge is 0.133 e. The standard InChI is InChI=1S/C30H40O2/c1-21(31)25-13-14-26-24-12-11-23-20-30(32,16-7-10-22-8-5-4-6-9-22)19-18-28(23,2)27(24)15-17-29(25,26)3/h4-6,8-9,23-27,32H,11-20H2,1-3H3/t23-,24+,25-,26+,27+,28+,29-,30-/m1/s1. The molecule has 8 atom stereocenters. The number of rotatable bonds is 2. The van der Waals surface area contributed by atoms with Crippen LogP contribution < -0.4 is 0 Å². The van der Waals surface area contributed by atoms with Crippen LogP contribution in [0.4, 0.5) is 0 Å². The molecule has 4 saturated carbocycles. The Balaban J connectivity index is 1.30. The van der Waals surface area contributed by atoms with Crippen molar-refractivity contribution < 1.29 is 9.90 Å². The first kappa shape index (κ1) is 22.2. The molecule has 0 radical (unpaired) electrons. The minimum Gasteiger partial charge on any atom is -0.389 e. The van der Waals surface area contributed by atoms with Crippen molar-refractivity contribution in [2.45, 2.75) is 90.6 Å². The maximum Gasteiger partial charge on any atom is 0.133 e. The SMILES string of the molecule is CC(=O)[C@H]1CC[C@H]2[C@@H]3CC[C@@H]4C[C@@](O)(CC#Cc5ccccc5)CC[C@]4(C)[C@H]3CC[C@]12C. The van der Waals surface area contributed by atoms with Crippen LogP contribution in [0.25, 0.3) is 0 Å². The van der Waals surface area contributed by atoms with E-state index < -0.39 is 5.60 Å². The van der Waals surface area contributed by atoms with Gasteiger partial charge in [-0.15, -0.1) is 0 Å². The van der Waals surface area contributed by atoms with Gasteiger partial charge in [-0.3, -0.25) is 4.79 Å². The van der Waals surface area contributed by atoms with E-state index in [1.165, 1.54) is 32.1 Å². The van der Waals surface area contributed by atoms with Gasteiger partial charge >= 0.3 is 0 Å². The normalized spacial score (nSPS) is 45.1. The molecule has 0 aliphatic heterocycles. The van der Waals surface area contributed by atoms with E-state index in [9.17, 15) is 9.90 Å². The molecule has 0 saturated heterocycles. The lowest BCUT2D eigenvalue weighted by atomic mass is 9.43. The van der Waals surface area contributed by atoms with Gasteiger partial charge in [-0.1, -0.05) is 43.9 Å². The number of ketones is 1. The number of carbonyl (C=O) groups excluding carboxylic acids is 1. The van der Waals surface area contributed by atoms with E-state index in [1.54, 1.807) is 0 Å². The highest BCUT2D eigenvalue weighted by atomic mass is 16.3. The summed E-state index contributed by atoms with van der Waals surface area (Å²) in [4.78, 5) is 12.4. The van der Waals surface area contributed by atoms with Crippen molar-refractivity contribution in [3.05, 3.63) is 35.9 Å². The Morgan fingerprint density at radius 2 is 1.72 bits per heavy atom. The first-order chi connectivity index (χ1) is 15.3. The molecule has 0 amide bonds. The number of carbonyl (C=O) groups is 1. The molecule has 0 heterocycles. The number of benzene rings is 1. The summed E-state index contributed by atoms with van der Waals surface area (Å²) in [6.07, 6.45) is 10.9. The van der Waals surface area contributed by atoms with Crippen molar-refractivity contribution in [1.82, 2.24) is 0 Å². The van der Waals surface area contributed by atoms with Crippen LogP contribution in [0.2, 0.25) is 0 Å². The number of fused-ring (bicyclic) bond motifs is 5. The second-order valence-electron chi connectivity index (χ2n) is 12.2. The van der Waals surface area contributed by atoms with Crippen LogP contribution in [-0.4, -0.2) is 16.5 Å². The van der Waals surface area contributed by atoms with Gasteiger partial charge in [-0.2, -0.15) is 0 Å². The van der Waals surface area contributed by atoms with Crippen LogP contribution in [0.1, 0.15) is 90.5 Å². The molecule has 172 valence electrons. The third kappa shape index (κ3) is 3.56. The molecule has 2 heteroatoms. The molecule has 4 fully saturated rings. The van der Waals surface area contributed by atoms with Gasteiger partial charge in [0.15, 0.2) is 0 Å². The number of hydrogen-bond donors (Lipinski definition) is 1. The predicted molar refractivity (Wildman–Crippen MR) is 129 cm³/mol. The topological polar surface area (TPSA) is 37.3 Å². The zero-order valence-electron chi connectivity index (χ0n) is 20.2. The number of aliphatic hydroxyl groups is 1. The fraction of sp³-hybridized carbons (Fsp3) is 0.700. The lowest BCUT2D eigenvalue weighted by molar-refractivity contribution is -0.152. The Bertz CT molecular complexity index is 925. The fourth-order valence-electron chi connectivity index (χ4n) is 8.98. The van der Waals surface area contributed by atoms with E-state index >= 15 is 0 Å². The van der Waals surface area contributed by atoms with Gasteiger partial charge in [0.1, 0.15) is 5.78 Å². The Labute approximate surface area is 194 Å². The third-order valence-electron chi connectivity index (χ3n) is 10.7. The minimum absolute atomic E-state index is 0.235. The van der Waals surface area contributed by atoms with Crippen LogP contribution in [0, 0.1) is 52.3 Å². The molecule has 1 aromatic carbocycles. The van der Waals surface area contributed by atoms with Crippen LogP contribution in [0.15, 0.2) is 30.3 Å². The Kier molecular flexibility index (Phi) is 5.57. The van der Waals surface area contributed by atoms with Crippen LogP contribution in [0.3, 0.4) is 0 Å². The molecular weight excluding hydrogens is 392 g/mol. The molecule has 5 rings (SSSR count). The molecule has 4 aliphatic carbocycles. The summed E-state index contributed by atoms with van der Waals surface area (Å²) in [6.45, 7) is 6.81. The Morgan fingerprint density at radius 1 is 0.969 bits per heavy atom. The number of hydrogen-bond acceptors (Lipinski definition) is 2. The van der Waals surface area contributed by atoms with Gasteiger partial charge in [-0.25, -0.2) is 0 Å². The second kappa shape index (κ2) is 8.02. The maximum atomic E-state index is 12.4. The summed E-state index contributed by atoms with van der Waals surface area (Å²) in [5.41, 5.74) is 0.980. The molecule has 0 aromatic heterocycles. The van der Waals surface area contributed by atoms with E-state index in [-0.39, 0.29) is 5.41 Å². The van der Waals surface area contributed by atoms with Gasteiger partial charge in [0.05, 0.1) is 5.60 Å². The van der Waals surface area contributed by atoms with Gasteiger partial charge < -0.3 is 5.11 Å². The molecule has 1 aromatic rings. The third-order valence-corrected chi connectivity index (χ3v) is 10.7. The largest absolute Gasteiger partial charge is 0.389 e. The van der Waals surface area contributed by atoms with E-state index in [2.05, 4.69) is 25.7 Å². The van der Waals surface area contributed by atoms with Crippen molar-refractivity contribution in [2.75, 3.05) is 0 Å². The summed E-state index contributed by atoms with van der Waals surface area (Å²) in [6, 6.07) is 10.1. The van der Waals surface area contributed by atoms with E-state index in [4.69, 9.17) is 0 Å². The summed E-state index contributed by atoms with van der Waals surface area (Å²) < 4.78 is 0. The second-order valence-corrected chi connectivity index (χ2v) is 12.2. The lowest BCUT2D eigenvalue weighted by Gasteiger charge is -2.62. The van der Waals surface area contributed by atoms with Crippen molar-refractivity contribution in [1.29, 1.82) is 0 Å². The van der Waals surface area contributed by atoms with Gasteiger partial charge in [-0.05, 0) is 111 Å². The highest BCUT2D eigenvalue weighted by Crippen LogP contribution is 2.68. The molecule has 0 spiro atoms. The average molecular weight is 433 g/mol. The van der Waals surface area contributed by atoms with Crippen LogP contribution in [0.5, 0.6) is 0 Å². The summed E-state index contributed by atoms with van der Waals surface area (Å²) >= 11 is 0. The van der Waals surface area contributed by atoms with Crippen molar-refractivity contribution in [3.8, 4) is 11.8 Å². The van der Waals surface area contributed by atoms with Gasteiger partial charge in [0, 0.05) is 17.9 Å². The quantitative estimate of drug-likeness (QED) is 0.549. The summed E-state index contributed by atoms with van der Waals surface area (Å²) in [7, 11) is 0. The number of Topliss-reactive ketones (excluding diaryl/α,β-unsaturated/α-hetero) is 1. The van der Waals surface area contributed by atoms with Crippen LogP contribution >= 0.6 is 0 Å². The Morgan fingerprint density at radius 3 is 2.47 bits per heavy atom. The molecule has 0 unspecified atom stereocenters. The Hall–Kier alpha value is -1.59. The summed E-state index contributed by atoms with van der Waals surface area (Å²) in [5.74, 6) is 10.1. The van der Waals surface area contributed by atoms with Crippen molar-refractivity contribution in [2.24, 2.45) is 40.4 Å². The lowest BCUT2D eigenvalue weighted by Crippen LogP contribution is -2.56. The molecular formula is C30H40O2. The maximum absolute atomic E-state index is 12.4. The van der Waals surface area contributed by atoms with E-state index in [0.717, 1.165) is 49.0 Å². The predicted octanol–water partition coefficient (Wildman–Crippen LogP) is 6.41. The molecule has 32 heavy (non-hydrogen) atoms. The highest BCUT2D eigenvalue weighted by Gasteiger charge is 2.61. The molecule has 2 nitrogen and oxygen atoms in total. The minimum atomic E-state index is -0.630. The molecule has 4 aliphatic rings. The zero-order chi connectivity index (χ0) is 22.6.